The molecule has 0 aromatic heterocycles. The number of hydrogen-bond donors (Lipinski definition) is 0. The number of carbonyl (C=O) groups excluding carboxylic acids is 1. The Morgan fingerprint density at radius 2 is 1.85 bits per heavy atom. The number of benzene rings is 1. The number of ether oxygens (including phenoxy) is 1. The summed E-state index contributed by atoms with van der Waals surface area (Å²) in [5.41, 5.74) is 0.735. The van der Waals surface area contributed by atoms with Gasteiger partial charge in [-0.15, -0.1) is 0 Å². The molecular formula is C23H36N2O2. The van der Waals surface area contributed by atoms with E-state index in [9.17, 15) is 4.79 Å². The molecule has 0 aliphatic carbocycles. The Kier molecular flexibility index (Phi) is 8.00. The van der Waals surface area contributed by atoms with Crippen molar-refractivity contribution in [2.24, 2.45) is 0 Å². The van der Waals surface area contributed by atoms with Gasteiger partial charge in [-0.3, -0.25) is 4.79 Å². The Hall–Kier alpha value is -1.55. The van der Waals surface area contributed by atoms with Gasteiger partial charge in [0.2, 0.25) is 0 Å². The van der Waals surface area contributed by atoms with Gasteiger partial charge in [-0.05, 0) is 70.2 Å². The third-order valence-corrected chi connectivity index (χ3v) is 5.99. The number of piperidine rings is 2. The van der Waals surface area contributed by atoms with E-state index in [1.165, 1.54) is 38.8 Å². The highest BCUT2D eigenvalue weighted by Gasteiger charge is 2.29. The van der Waals surface area contributed by atoms with Gasteiger partial charge in [-0.1, -0.05) is 31.9 Å². The Morgan fingerprint density at radius 3 is 2.67 bits per heavy atom. The van der Waals surface area contributed by atoms with Gasteiger partial charge < -0.3 is 14.5 Å². The van der Waals surface area contributed by atoms with Crippen LogP contribution in [0, 0.1) is 0 Å². The second kappa shape index (κ2) is 10.7. The van der Waals surface area contributed by atoms with E-state index in [0.717, 1.165) is 56.5 Å². The van der Waals surface area contributed by atoms with E-state index in [0.29, 0.717) is 12.6 Å². The molecule has 0 radical (unpaired) electrons. The molecule has 2 heterocycles. The van der Waals surface area contributed by atoms with Crippen LogP contribution in [-0.2, 0) is 0 Å². The maximum Gasteiger partial charge on any atom is 0.257 e. The van der Waals surface area contributed by atoms with E-state index in [1.54, 1.807) is 0 Å². The van der Waals surface area contributed by atoms with Crippen LogP contribution in [0.3, 0.4) is 0 Å². The minimum absolute atomic E-state index is 0.158. The third kappa shape index (κ3) is 5.71. The lowest BCUT2D eigenvalue weighted by atomic mass is 9.97. The van der Waals surface area contributed by atoms with Crippen molar-refractivity contribution < 1.29 is 9.53 Å². The third-order valence-electron chi connectivity index (χ3n) is 5.99. The molecule has 0 saturated carbocycles. The molecule has 4 nitrogen and oxygen atoms in total. The van der Waals surface area contributed by atoms with E-state index in [1.807, 2.05) is 24.3 Å². The second-order valence-corrected chi connectivity index (χ2v) is 8.04. The van der Waals surface area contributed by atoms with Crippen LogP contribution in [0.5, 0.6) is 5.75 Å². The first-order valence-electron chi connectivity index (χ1n) is 11.0. The lowest BCUT2D eigenvalue weighted by molar-refractivity contribution is 0.0575. The van der Waals surface area contributed by atoms with Crippen LogP contribution in [0.15, 0.2) is 24.3 Å². The highest BCUT2D eigenvalue weighted by molar-refractivity contribution is 5.97. The standard InChI is InChI=1S/C23H36N2O2/c1-2-3-19-27-22-13-6-5-12-21(22)23(26)25-17-10-7-11-20(25)14-18-24-15-8-4-9-16-24/h5-6,12-13,20H,2-4,7-11,14-19H2,1H3. The highest BCUT2D eigenvalue weighted by atomic mass is 16.5. The molecular weight excluding hydrogens is 336 g/mol. The molecule has 2 saturated heterocycles. The molecule has 0 N–H and O–H groups in total. The van der Waals surface area contributed by atoms with E-state index in [2.05, 4.69) is 16.7 Å². The van der Waals surface area contributed by atoms with Crippen LogP contribution in [0.4, 0.5) is 0 Å². The molecule has 1 aromatic rings. The molecule has 3 rings (SSSR count). The highest BCUT2D eigenvalue weighted by Crippen LogP contribution is 2.26. The maximum atomic E-state index is 13.3. The van der Waals surface area contributed by atoms with Crippen molar-refractivity contribution in [3.8, 4) is 5.75 Å². The van der Waals surface area contributed by atoms with Crippen molar-refractivity contribution in [3.63, 3.8) is 0 Å². The lowest BCUT2D eigenvalue weighted by Gasteiger charge is -2.38. The Balaban J connectivity index is 1.64. The summed E-state index contributed by atoms with van der Waals surface area (Å²) in [6, 6.07) is 8.15. The fraction of sp³-hybridized carbons (Fsp3) is 0.696. The van der Waals surface area contributed by atoms with Gasteiger partial charge >= 0.3 is 0 Å². The number of amides is 1. The SMILES string of the molecule is CCCCOc1ccccc1C(=O)N1CCCCC1CCN1CCCCC1. The van der Waals surface area contributed by atoms with E-state index in [4.69, 9.17) is 4.74 Å². The number of rotatable bonds is 8. The Morgan fingerprint density at radius 1 is 1.07 bits per heavy atom. The maximum absolute atomic E-state index is 13.3. The Bertz CT molecular complexity index is 583. The van der Waals surface area contributed by atoms with Crippen molar-refractivity contribution >= 4 is 5.91 Å². The van der Waals surface area contributed by atoms with Gasteiger partial charge in [0.05, 0.1) is 12.2 Å². The molecule has 0 bridgehead atoms. The summed E-state index contributed by atoms with van der Waals surface area (Å²) >= 11 is 0. The molecule has 1 amide bonds. The molecule has 2 fully saturated rings. The van der Waals surface area contributed by atoms with Crippen molar-refractivity contribution in [1.82, 2.24) is 9.80 Å². The molecule has 1 unspecified atom stereocenters. The van der Waals surface area contributed by atoms with Crippen LogP contribution in [0.25, 0.3) is 0 Å². The first-order chi connectivity index (χ1) is 13.3. The Labute approximate surface area is 164 Å². The molecule has 27 heavy (non-hydrogen) atoms. The summed E-state index contributed by atoms with van der Waals surface area (Å²) in [5, 5.41) is 0. The van der Waals surface area contributed by atoms with Crippen LogP contribution >= 0.6 is 0 Å². The molecule has 4 heteroatoms. The van der Waals surface area contributed by atoms with Crippen LogP contribution in [-0.4, -0.2) is 54.5 Å². The summed E-state index contributed by atoms with van der Waals surface area (Å²) in [4.78, 5) is 18.1. The first-order valence-corrected chi connectivity index (χ1v) is 11.0. The predicted molar refractivity (Wildman–Crippen MR) is 110 cm³/mol. The van der Waals surface area contributed by atoms with Crippen LogP contribution in [0.2, 0.25) is 0 Å². The topological polar surface area (TPSA) is 32.8 Å². The van der Waals surface area contributed by atoms with Crippen molar-refractivity contribution in [2.45, 2.75) is 70.8 Å². The largest absolute Gasteiger partial charge is 0.493 e. The molecule has 2 aliphatic heterocycles. The number of likely N-dealkylation sites (tertiary alicyclic amines) is 2. The van der Waals surface area contributed by atoms with Gasteiger partial charge in [-0.25, -0.2) is 0 Å². The van der Waals surface area contributed by atoms with E-state index >= 15 is 0 Å². The summed E-state index contributed by atoms with van der Waals surface area (Å²) in [6.07, 6.45) is 10.7. The van der Waals surface area contributed by atoms with Crippen molar-refractivity contribution in [2.75, 3.05) is 32.8 Å². The van der Waals surface area contributed by atoms with Gasteiger partial charge in [0.1, 0.15) is 5.75 Å². The molecule has 2 aliphatic rings. The second-order valence-electron chi connectivity index (χ2n) is 8.04. The molecule has 1 aromatic carbocycles. The first kappa shape index (κ1) is 20.2. The van der Waals surface area contributed by atoms with Gasteiger partial charge in [-0.2, -0.15) is 0 Å². The minimum atomic E-state index is 0.158. The average molecular weight is 373 g/mol. The zero-order valence-electron chi connectivity index (χ0n) is 17.0. The van der Waals surface area contributed by atoms with Gasteiger partial charge in [0, 0.05) is 19.1 Å². The number of carbonyl (C=O) groups is 1. The smallest absolute Gasteiger partial charge is 0.257 e. The summed E-state index contributed by atoms with van der Waals surface area (Å²) in [5.74, 6) is 0.904. The summed E-state index contributed by atoms with van der Waals surface area (Å²) in [7, 11) is 0. The number of unbranched alkanes of at least 4 members (excludes halogenated alkanes) is 1. The fourth-order valence-corrected chi connectivity index (χ4v) is 4.33. The monoisotopic (exact) mass is 372 g/mol. The number of para-hydroxylation sites is 1. The number of hydrogen-bond acceptors (Lipinski definition) is 3. The molecule has 0 spiro atoms. The van der Waals surface area contributed by atoms with Crippen molar-refractivity contribution in [1.29, 1.82) is 0 Å². The fourth-order valence-electron chi connectivity index (χ4n) is 4.33. The zero-order chi connectivity index (χ0) is 18.9. The average Bonchev–Trinajstić information content (AvgIpc) is 2.73. The van der Waals surface area contributed by atoms with Crippen molar-refractivity contribution in [3.05, 3.63) is 29.8 Å². The molecule has 1 atom stereocenters. The van der Waals surface area contributed by atoms with E-state index in [-0.39, 0.29) is 5.91 Å². The summed E-state index contributed by atoms with van der Waals surface area (Å²) < 4.78 is 5.92. The summed E-state index contributed by atoms with van der Waals surface area (Å²) in [6.45, 7) is 7.31. The predicted octanol–water partition coefficient (Wildman–Crippen LogP) is 4.74. The lowest BCUT2D eigenvalue weighted by Crippen LogP contribution is -2.45. The number of nitrogens with zero attached hydrogens (tertiary/aromatic N) is 2. The zero-order valence-corrected chi connectivity index (χ0v) is 17.0. The molecule has 150 valence electrons. The normalized spacial score (nSPS) is 21.2. The van der Waals surface area contributed by atoms with Gasteiger partial charge in [0.15, 0.2) is 0 Å². The van der Waals surface area contributed by atoms with Crippen LogP contribution < -0.4 is 4.74 Å². The van der Waals surface area contributed by atoms with Gasteiger partial charge in [0.25, 0.3) is 5.91 Å². The van der Waals surface area contributed by atoms with E-state index < -0.39 is 0 Å². The minimum Gasteiger partial charge on any atom is -0.493 e. The van der Waals surface area contributed by atoms with Crippen LogP contribution in [0.1, 0.15) is 75.1 Å². The quantitative estimate of drug-likeness (QED) is 0.618.